The molecule has 0 amide bonds. The van der Waals surface area contributed by atoms with E-state index in [1.165, 1.54) is 0 Å². The number of fused-ring (bicyclic) bond motifs is 1. The summed E-state index contributed by atoms with van der Waals surface area (Å²) in [6.07, 6.45) is -0.0198. The monoisotopic (exact) mass is 232 g/mol. The van der Waals surface area contributed by atoms with Gasteiger partial charge in [-0.3, -0.25) is 4.79 Å². The third-order valence-electron chi connectivity index (χ3n) is 2.51. The molecule has 0 spiro atoms. The molecular weight excluding hydrogens is 216 g/mol. The van der Waals surface area contributed by atoms with Crippen molar-refractivity contribution in [1.29, 1.82) is 0 Å². The standard InChI is InChI=1S/C13H12O3.CH4/c1-16-13-10(8-12(14)15)7-6-9-4-2-3-5-11(9)13;/h2-7H,8H2,1H3,(H,14,15);1H4. The van der Waals surface area contributed by atoms with Gasteiger partial charge in [-0.15, -0.1) is 0 Å². The first-order valence-corrected chi connectivity index (χ1v) is 4.99. The van der Waals surface area contributed by atoms with E-state index in [0.29, 0.717) is 11.3 Å². The third-order valence-corrected chi connectivity index (χ3v) is 2.51. The van der Waals surface area contributed by atoms with Crippen LogP contribution in [0.15, 0.2) is 36.4 Å². The van der Waals surface area contributed by atoms with Crippen molar-refractivity contribution in [3.05, 3.63) is 42.0 Å². The maximum Gasteiger partial charge on any atom is 0.307 e. The molecule has 3 nitrogen and oxygen atoms in total. The second-order valence-corrected chi connectivity index (χ2v) is 3.55. The highest BCUT2D eigenvalue weighted by molar-refractivity contribution is 5.90. The lowest BCUT2D eigenvalue weighted by Crippen LogP contribution is -2.02. The van der Waals surface area contributed by atoms with Crippen LogP contribution >= 0.6 is 0 Å². The highest BCUT2D eigenvalue weighted by Gasteiger charge is 2.10. The number of hydrogen-bond donors (Lipinski definition) is 1. The van der Waals surface area contributed by atoms with E-state index in [-0.39, 0.29) is 13.8 Å². The predicted molar refractivity (Wildman–Crippen MR) is 68.6 cm³/mol. The minimum atomic E-state index is -0.853. The summed E-state index contributed by atoms with van der Waals surface area (Å²) >= 11 is 0. The molecule has 0 aromatic heterocycles. The third kappa shape index (κ3) is 2.56. The van der Waals surface area contributed by atoms with Gasteiger partial charge in [-0.25, -0.2) is 0 Å². The molecule has 90 valence electrons. The zero-order valence-corrected chi connectivity index (χ0v) is 8.93. The van der Waals surface area contributed by atoms with Crippen molar-refractivity contribution in [2.45, 2.75) is 13.8 Å². The first-order valence-electron chi connectivity index (χ1n) is 4.99. The van der Waals surface area contributed by atoms with Crippen LogP contribution in [0.1, 0.15) is 13.0 Å². The molecule has 2 rings (SSSR count). The number of benzene rings is 2. The van der Waals surface area contributed by atoms with E-state index in [9.17, 15) is 4.79 Å². The van der Waals surface area contributed by atoms with Gasteiger partial charge in [-0.2, -0.15) is 0 Å². The summed E-state index contributed by atoms with van der Waals surface area (Å²) in [4.78, 5) is 10.7. The van der Waals surface area contributed by atoms with E-state index in [2.05, 4.69) is 0 Å². The van der Waals surface area contributed by atoms with Gasteiger partial charge in [-0.05, 0) is 5.39 Å². The molecule has 0 aliphatic carbocycles. The Labute approximate surface area is 101 Å². The van der Waals surface area contributed by atoms with Crippen LogP contribution in [0.2, 0.25) is 0 Å². The van der Waals surface area contributed by atoms with Crippen molar-refractivity contribution in [3.63, 3.8) is 0 Å². The Morgan fingerprint density at radius 2 is 1.94 bits per heavy atom. The number of ether oxygens (including phenoxy) is 1. The van der Waals surface area contributed by atoms with Gasteiger partial charge in [0.1, 0.15) is 5.75 Å². The fraction of sp³-hybridized carbons (Fsp3) is 0.214. The van der Waals surface area contributed by atoms with Gasteiger partial charge in [-0.1, -0.05) is 43.8 Å². The number of rotatable bonds is 3. The Balaban J connectivity index is 0.00000144. The Hall–Kier alpha value is -2.03. The van der Waals surface area contributed by atoms with Gasteiger partial charge in [0, 0.05) is 10.9 Å². The van der Waals surface area contributed by atoms with Crippen LogP contribution in [0, 0.1) is 0 Å². The van der Waals surface area contributed by atoms with Crippen LogP contribution in [0.3, 0.4) is 0 Å². The molecule has 0 saturated heterocycles. The Bertz CT molecular complexity index is 532. The topological polar surface area (TPSA) is 46.5 Å². The first kappa shape index (κ1) is 13.0. The smallest absolute Gasteiger partial charge is 0.307 e. The summed E-state index contributed by atoms with van der Waals surface area (Å²) in [5.74, 6) is -0.200. The quantitative estimate of drug-likeness (QED) is 0.884. The molecule has 0 fully saturated rings. The minimum Gasteiger partial charge on any atom is -0.496 e. The van der Waals surface area contributed by atoms with Crippen molar-refractivity contribution >= 4 is 16.7 Å². The molecule has 0 aliphatic heterocycles. The molecular formula is C14H16O3. The average Bonchev–Trinajstić information content (AvgIpc) is 2.28. The second-order valence-electron chi connectivity index (χ2n) is 3.55. The van der Waals surface area contributed by atoms with Gasteiger partial charge >= 0.3 is 5.97 Å². The Kier molecular flexibility index (Phi) is 4.10. The van der Waals surface area contributed by atoms with Crippen molar-refractivity contribution < 1.29 is 14.6 Å². The molecule has 17 heavy (non-hydrogen) atoms. The van der Waals surface area contributed by atoms with Gasteiger partial charge in [0.15, 0.2) is 0 Å². The highest BCUT2D eigenvalue weighted by Crippen LogP contribution is 2.29. The summed E-state index contributed by atoms with van der Waals surface area (Å²) < 4.78 is 5.30. The molecule has 0 atom stereocenters. The highest BCUT2D eigenvalue weighted by atomic mass is 16.5. The van der Waals surface area contributed by atoms with Gasteiger partial charge in [0.25, 0.3) is 0 Å². The number of hydrogen-bond acceptors (Lipinski definition) is 2. The minimum absolute atomic E-state index is 0. The fourth-order valence-corrected chi connectivity index (χ4v) is 1.83. The maximum atomic E-state index is 10.7. The summed E-state index contributed by atoms with van der Waals surface area (Å²) in [5, 5.41) is 10.8. The molecule has 0 aliphatic rings. The van der Waals surface area contributed by atoms with Crippen LogP contribution in [0.25, 0.3) is 10.8 Å². The normalized spacial score (nSPS) is 9.71. The Morgan fingerprint density at radius 1 is 1.24 bits per heavy atom. The molecule has 0 saturated carbocycles. The van der Waals surface area contributed by atoms with Crippen LogP contribution in [-0.2, 0) is 11.2 Å². The molecule has 1 N–H and O–H groups in total. The number of aliphatic carboxylic acids is 1. The number of carboxylic acid groups (broad SMARTS) is 1. The number of carbonyl (C=O) groups is 1. The van der Waals surface area contributed by atoms with Crippen molar-refractivity contribution in [2.24, 2.45) is 0 Å². The molecule has 3 heteroatoms. The van der Waals surface area contributed by atoms with E-state index in [1.54, 1.807) is 13.2 Å². The molecule has 2 aromatic rings. The van der Waals surface area contributed by atoms with E-state index in [4.69, 9.17) is 9.84 Å². The zero-order valence-electron chi connectivity index (χ0n) is 8.93. The molecule has 0 heterocycles. The van der Waals surface area contributed by atoms with Gasteiger partial charge < -0.3 is 9.84 Å². The van der Waals surface area contributed by atoms with E-state index in [1.807, 2.05) is 30.3 Å². The lowest BCUT2D eigenvalue weighted by Gasteiger charge is -2.10. The first-order chi connectivity index (χ1) is 7.72. The second kappa shape index (κ2) is 5.34. The largest absolute Gasteiger partial charge is 0.496 e. The summed E-state index contributed by atoms with van der Waals surface area (Å²) in [6.45, 7) is 0. The molecule has 2 aromatic carbocycles. The van der Waals surface area contributed by atoms with Crippen LogP contribution in [-0.4, -0.2) is 18.2 Å². The maximum absolute atomic E-state index is 10.7. The summed E-state index contributed by atoms with van der Waals surface area (Å²) in [5.41, 5.74) is 0.703. The van der Waals surface area contributed by atoms with Crippen molar-refractivity contribution in [3.8, 4) is 5.75 Å². The van der Waals surface area contributed by atoms with Crippen LogP contribution in [0.4, 0.5) is 0 Å². The SMILES string of the molecule is C.COc1c(CC(=O)O)ccc2ccccc12. The van der Waals surface area contributed by atoms with Gasteiger partial charge in [0.2, 0.25) is 0 Å². The van der Waals surface area contributed by atoms with Gasteiger partial charge in [0.05, 0.1) is 13.5 Å². The summed E-state index contributed by atoms with van der Waals surface area (Å²) in [7, 11) is 1.56. The van der Waals surface area contributed by atoms with E-state index in [0.717, 1.165) is 10.8 Å². The Morgan fingerprint density at radius 3 is 2.59 bits per heavy atom. The van der Waals surface area contributed by atoms with E-state index >= 15 is 0 Å². The van der Waals surface area contributed by atoms with Crippen molar-refractivity contribution in [2.75, 3.05) is 7.11 Å². The lowest BCUT2D eigenvalue weighted by atomic mass is 10.0. The zero-order chi connectivity index (χ0) is 11.5. The predicted octanol–water partition coefficient (Wildman–Crippen LogP) is 3.11. The molecule has 0 bridgehead atoms. The van der Waals surface area contributed by atoms with Crippen molar-refractivity contribution in [1.82, 2.24) is 0 Å². The lowest BCUT2D eigenvalue weighted by molar-refractivity contribution is -0.136. The average molecular weight is 232 g/mol. The fourth-order valence-electron chi connectivity index (χ4n) is 1.83. The van der Waals surface area contributed by atoms with E-state index < -0.39 is 5.97 Å². The number of methoxy groups -OCH3 is 1. The number of carboxylic acids is 1. The van der Waals surface area contributed by atoms with Crippen LogP contribution in [0.5, 0.6) is 5.75 Å². The van der Waals surface area contributed by atoms with Crippen LogP contribution < -0.4 is 4.74 Å². The molecule has 0 radical (unpaired) electrons. The molecule has 0 unspecified atom stereocenters. The summed E-state index contributed by atoms with van der Waals surface area (Å²) in [6, 6.07) is 11.5.